The van der Waals surface area contributed by atoms with Gasteiger partial charge < -0.3 is 10.2 Å². The van der Waals surface area contributed by atoms with Gasteiger partial charge in [0.25, 0.3) is 5.91 Å². The standard InChI is InChI=1S/C14H20N2O3S2/c1-10-4-5-12(15-2)11(8-10)14(17)16-6-7-20-9-13(16)21(3,18)19/h4-5,8,13,15H,6-7,9H2,1-3H3. The lowest BCUT2D eigenvalue weighted by atomic mass is 10.1. The van der Waals surface area contributed by atoms with Crippen molar-refractivity contribution in [3.8, 4) is 0 Å². The third-order valence-electron chi connectivity index (χ3n) is 3.51. The van der Waals surface area contributed by atoms with Gasteiger partial charge in [-0.2, -0.15) is 11.8 Å². The number of carbonyl (C=O) groups is 1. The molecule has 1 aromatic rings. The minimum Gasteiger partial charge on any atom is -0.387 e. The lowest BCUT2D eigenvalue weighted by Gasteiger charge is -2.34. The summed E-state index contributed by atoms with van der Waals surface area (Å²) in [5.41, 5.74) is 2.22. The fraction of sp³-hybridized carbons (Fsp3) is 0.500. The zero-order valence-corrected chi connectivity index (χ0v) is 14.1. The molecular weight excluding hydrogens is 308 g/mol. The Kier molecular flexibility index (Phi) is 4.83. The molecule has 116 valence electrons. The van der Waals surface area contributed by atoms with Crippen molar-refractivity contribution in [1.29, 1.82) is 0 Å². The number of aryl methyl sites for hydroxylation is 1. The Morgan fingerprint density at radius 2 is 2.14 bits per heavy atom. The van der Waals surface area contributed by atoms with Gasteiger partial charge in [0.1, 0.15) is 5.37 Å². The van der Waals surface area contributed by atoms with E-state index in [-0.39, 0.29) is 5.91 Å². The van der Waals surface area contributed by atoms with Gasteiger partial charge in [-0.25, -0.2) is 8.42 Å². The van der Waals surface area contributed by atoms with Crippen LogP contribution in [0.15, 0.2) is 18.2 Å². The fourth-order valence-electron chi connectivity index (χ4n) is 2.38. The van der Waals surface area contributed by atoms with Crippen molar-refractivity contribution in [2.75, 3.05) is 36.7 Å². The minimum atomic E-state index is -3.29. The first-order valence-electron chi connectivity index (χ1n) is 6.70. The molecule has 21 heavy (non-hydrogen) atoms. The van der Waals surface area contributed by atoms with Gasteiger partial charge in [-0.15, -0.1) is 0 Å². The molecule has 7 heteroatoms. The number of anilines is 1. The summed E-state index contributed by atoms with van der Waals surface area (Å²) in [7, 11) is -1.54. The van der Waals surface area contributed by atoms with Crippen LogP contribution in [0.25, 0.3) is 0 Å². The summed E-state index contributed by atoms with van der Waals surface area (Å²) >= 11 is 1.57. The molecule has 0 saturated carbocycles. The molecule has 0 aromatic heterocycles. The van der Waals surface area contributed by atoms with E-state index in [2.05, 4.69) is 5.32 Å². The molecule has 1 amide bonds. The van der Waals surface area contributed by atoms with E-state index in [0.29, 0.717) is 17.9 Å². The van der Waals surface area contributed by atoms with Crippen molar-refractivity contribution in [1.82, 2.24) is 4.90 Å². The number of hydrogen-bond acceptors (Lipinski definition) is 5. The summed E-state index contributed by atoms with van der Waals surface area (Å²) in [4.78, 5) is 14.3. The van der Waals surface area contributed by atoms with Crippen LogP contribution in [0, 0.1) is 6.92 Å². The normalized spacial score (nSPS) is 19.4. The SMILES string of the molecule is CNc1ccc(C)cc1C(=O)N1CCSCC1S(C)(=O)=O. The van der Waals surface area contributed by atoms with Crippen LogP contribution in [0.5, 0.6) is 0 Å². The highest BCUT2D eigenvalue weighted by molar-refractivity contribution is 8.00. The van der Waals surface area contributed by atoms with E-state index in [1.54, 1.807) is 24.9 Å². The van der Waals surface area contributed by atoms with Gasteiger partial charge in [0.05, 0.1) is 5.56 Å². The van der Waals surface area contributed by atoms with Crippen molar-refractivity contribution in [3.05, 3.63) is 29.3 Å². The first-order valence-corrected chi connectivity index (χ1v) is 9.81. The lowest BCUT2D eigenvalue weighted by Crippen LogP contribution is -2.50. The van der Waals surface area contributed by atoms with E-state index in [9.17, 15) is 13.2 Å². The minimum absolute atomic E-state index is 0.223. The average molecular weight is 328 g/mol. The number of thioether (sulfide) groups is 1. The molecule has 1 saturated heterocycles. The smallest absolute Gasteiger partial charge is 0.257 e. The van der Waals surface area contributed by atoms with Crippen LogP contribution >= 0.6 is 11.8 Å². The van der Waals surface area contributed by atoms with Crippen molar-refractivity contribution < 1.29 is 13.2 Å². The lowest BCUT2D eigenvalue weighted by molar-refractivity contribution is 0.0750. The number of nitrogens with one attached hydrogen (secondary N) is 1. The van der Waals surface area contributed by atoms with Crippen LogP contribution in [0.3, 0.4) is 0 Å². The zero-order chi connectivity index (χ0) is 15.6. The first kappa shape index (κ1) is 16.2. The summed E-state index contributed by atoms with van der Waals surface area (Å²) in [6, 6.07) is 5.56. The van der Waals surface area contributed by atoms with Crippen LogP contribution < -0.4 is 5.32 Å². The second-order valence-electron chi connectivity index (χ2n) is 5.16. The molecule has 1 unspecified atom stereocenters. The number of amides is 1. The van der Waals surface area contributed by atoms with Crippen LogP contribution in [0.1, 0.15) is 15.9 Å². The molecule has 5 nitrogen and oxygen atoms in total. The molecule has 0 radical (unpaired) electrons. The van der Waals surface area contributed by atoms with Crippen molar-refractivity contribution in [3.63, 3.8) is 0 Å². The topological polar surface area (TPSA) is 66.5 Å². The molecule has 1 aliphatic heterocycles. The molecular formula is C14H20N2O3S2. The molecule has 1 heterocycles. The van der Waals surface area contributed by atoms with Crippen molar-refractivity contribution in [2.45, 2.75) is 12.3 Å². The molecule has 2 rings (SSSR count). The van der Waals surface area contributed by atoms with E-state index < -0.39 is 15.2 Å². The molecule has 0 aliphatic carbocycles. The Morgan fingerprint density at radius 1 is 1.43 bits per heavy atom. The summed E-state index contributed by atoms with van der Waals surface area (Å²) in [5.74, 6) is 0.975. The molecule has 1 aromatic carbocycles. The van der Waals surface area contributed by atoms with E-state index >= 15 is 0 Å². The highest BCUT2D eigenvalue weighted by Gasteiger charge is 2.35. The van der Waals surface area contributed by atoms with Crippen molar-refractivity contribution in [2.24, 2.45) is 0 Å². The van der Waals surface area contributed by atoms with Gasteiger partial charge in [-0.1, -0.05) is 11.6 Å². The summed E-state index contributed by atoms with van der Waals surface area (Å²) in [6.45, 7) is 2.37. The molecule has 0 spiro atoms. The van der Waals surface area contributed by atoms with Crippen LogP contribution in [0.4, 0.5) is 5.69 Å². The number of benzene rings is 1. The van der Waals surface area contributed by atoms with E-state index in [1.165, 1.54) is 11.2 Å². The Morgan fingerprint density at radius 3 is 2.76 bits per heavy atom. The van der Waals surface area contributed by atoms with Gasteiger partial charge in [-0.3, -0.25) is 4.79 Å². The Hall–Kier alpha value is -1.21. The Labute approximate surface area is 130 Å². The summed E-state index contributed by atoms with van der Waals surface area (Å²) in [5, 5.41) is 2.25. The highest BCUT2D eigenvalue weighted by atomic mass is 32.2. The number of carbonyl (C=O) groups excluding carboxylic acids is 1. The van der Waals surface area contributed by atoms with E-state index in [1.807, 2.05) is 19.1 Å². The van der Waals surface area contributed by atoms with Crippen molar-refractivity contribution >= 4 is 33.2 Å². The Balaban J connectivity index is 2.40. The van der Waals surface area contributed by atoms with Crippen LogP contribution in [0.2, 0.25) is 0 Å². The van der Waals surface area contributed by atoms with Gasteiger partial charge >= 0.3 is 0 Å². The van der Waals surface area contributed by atoms with Crippen LogP contribution in [-0.4, -0.2) is 56.0 Å². The maximum absolute atomic E-state index is 12.8. The number of rotatable bonds is 3. The van der Waals surface area contributed by atoms with Gasteiger partial charge in [0, 0.05) is 37.0 Å². The maximum Gasteiger partial charge on any atom is 0.257 e. The summed E-state index contributed by atoms with van der Waals surface area (Å²) < 4.78 is 23.9. The largest absolute Gasteiger partial charge is 0.387 e. The third-order valence-corrected chi connectivity index (χ3v) is 6.16. The molecule has 1 N–H and O–H groups in total. The number of sulfone groups is 1. The van der Waals surface area contributed by atoms with Gasteiger partial charge in [-0.05, 0) is 19.1 Å². The van der Waals surface area contributed by atoms with Gasteiger partial charge in [0.15, 0.2) is 9.84 Å². The highest BCUT2D eigenvalue weighted by Crippen LogP contribution is 2.25. The average Bonchev–Trinajstić information content (AvgIpc) is 2.45. The second kappa shape index (κ2) is 6.27. The molecule has 1 aliphatic rings. The predicted octanol–water partition coefficient (Wildman–Crippen LogP) is 1.60. The fourth-order valence-corrected chi connectivity index (χ4v) is 5.19. The number of hydrogen-bond donors (Lipinski definition) is 1. The van der Waals surface area contributed by atoms with E-state index in [0.717, 1.165) is 17.0 Å². The predicted molar refractivity (Wildman–Crippen MR) is 87.7 cm³/mol. The molecule has 0 bridgehead atoms. The quantitative estimate of drug-likeness (QED) is 0.913. The second-order valence-corrected chi connectivity index (χ2v) is 8.51. The zero-order valence-electron chi connectivity index (χ0n) is 12.4. The van der Waals surface area contributed by atoms with Crippen LogP contribution in [-0.2, 0) is 9.84 Å². The molecule has 1 fully saturated rings. The third kappa shape index (κ3) is 3.52. The maximum atomic E-state index is 12.8. The molecule has 1 atom stereocenters. The number of nitrogens with zero attached hydrogens (tertiary/aromatic N) is 1. The monoisotopic (exact) mass is 328 g/mol. The Bertz CT molecular complexity index is 644. The summed E-state index contributed by atoms with van der Waals surface area (Å²) in [6.07, 6.45) is 1.19. The van der Waals surface area contributed by atoms with Gasteiger partial charge in [0.2, 0.25) is 0 Å². The first-order chi connectivity index (χ1) is 9.84. The van der Waals surface area contributed by atoms with E-state index in [4.69, 9.17) is 0 Å².